The molecule has 0 aliphatic heterocycles. The summed E-state index contributed by atoms with van der Waals surface area (Å²) in [7, 11) is 1.51. The summed E-state index contributed by atoms with van der Waals surface area (Å²) < 4.78 is 0. The largest absolute Gasteiger partial charge is 0.355 e. The van der Waals surface area contributed by atoms with Crippen molar-refractivity contribution < 1.29 is 9.59 Å². The Morgan fingerprint density at radius 3 is 2.67 bits per heavy atom. The van der Waals surface area contributed by atoms with Gasteiger partial charge in [0.25, 0.3) is 5.91 Å². The highest BCUT2D eigenvalue weighted by atomic mass is 35.5. The van der Waals surface area contributed by atoms with Crippen LogP contribution in [0.4, 0.5) is 5.69 Å². The Balaban J connectivity index is 2.92. The van der Waals surface area contributed by atoms with Crippen LogP contribution in [0.2, 0.25) is 5.02 Å². The smallest absolute Gasteiger partial charge is 0.252 e. The van der Waals surface area contributed by atoms with Crippen molar-refractivity contribution in [2.24, 2.45) is 5.73 Å². The molecule has 1 atom stereocenters. The molecule has 0 fully saturated rings. The Bertz CT molecular complexity index is 463. The first kappa shape index (κ1) is 14.5. The van der Waals surface area contributed by atoms with Crippen LogP contribution in [0, 0.1) is 0 Å². The zero-order valence-corrected chi connectivity index (χ0v) is 11.0. The third-order valence-corrected chi connectivity index (χ3v) is 2.81. The van der Waals surface area contributed by atoms with Gasteiger partial charge >= 0.3 is 0 Å². The van der Waals surface area contributed by atoms with Crippen molar-refractivity contribution >= 4 is 29.1 Å². The molecular weight excluding hydrogens is 254 g/mol. The lowest BCUT2D eigenvalue weighted by molar-refractivity contribution is -0.117. The quantitative estimate of drug-likeness (QED) is 0.772. The van der Waals surface area contributed by atoms with Gasteiger partial charge in [0.2, 0.25) is 5.91 Å². The maximum atomic E-state index is 11.6. The average molecular weight is 270 g/mol. The molecule has 1 aromatic carbocycles. The monoisotopic (exact) mass is 269 g/mol. The molecule has 0 unspecified atom stereocenters. The van der Waals surface area contributed by atoms with Gasteiger partial charge in [0.15, 0.2) is 0 Å². The molecule has 6 heteroatoms. The lowest BCUT2D eigenvalue weighted by atomic mass is 10.1. The maximum Gasteiger partial charge on any atom is 0.252 e. The Hall–Kier alpha value is -1.59. The number of hydrogen-bond donors (Lipinski definition) is 3. The fourth-order valence-corrected chi connectivity index (χ4v) is 1.54. The summed E-state index contributed by atoms with van der Waals surface area (Å²) >= 11 is 5.90. The third kappa shape index (κ3) is 3.45. The average Bonchev–Trinajstić information content (AvgIpc) is 2.38. The zero-order valence-electron chi connectivity index (χ0n) is 10.3. The molecule has 0 bridgehead atoms. The van der Waals surface area contributed by atoms with Gasteiger partial charge in [0.05, 0.1) is 16.6 Å². The highest BCUT2D eigenvalue weighted by Crippen LogP contribution is 2.20. The predicted molar refractivity (Wildman–Crippen MR) is 71.7 cm³/mol. The molecule has 0 aliphatic rings. The van der Waals surface area contributed by atoms with E-state index in [0.29, 0.717) is 22.7 Å². The van der Waals surface area contributed by atoms with Crippen LogP contribution in [0.25, 0.3) is 0 Å². The number of nitrogens with two attached hydrogens (primary N) is 1. The molecule has 0 heterocycles. The number of hydrogen-bond acceptors (Lipinski definition) is 3. The summed E-state index contributed by atoms with van der Waals surface area (Å²) in [6.07, 6.45) is 0.543. The number of rotatable bonds is 4. The molecule has 0 saturated heterocycles. The van der Waals surface area contributed by atoms with Crippen LogP contribution < -0.4 is 16.4 Å². The van der Waals surface area contributed by atoms with Crippen LogP contribution in [-0.4, -0.2) is 24.9 Å². The normalized spacial score (nSPS) is 11.8. The van der Waals surface area contributed by atoms with Crippen molar-refractivity contribution in [3.8, 4) is 0 Å². The Labute approximate surface area is 111 Å². The van der Waals surface area contributed by atoms with E-state index in [2.05, 4.69) is 10.6 Å². The number of carbonyl (C=O) groups is 2. The molecule has 2 amide bonds. The first-order valence-electron chi connectivity index (χ1n) is 5.57. The number of nitrogens with one attached hydrogen (secondary N) is 2. The van der Waals surface area contributed by atoms with Crippen LogP contribution in [0.5, 0.6) is 0 Å². The van der Waals surface area contributed by atoms with Crippen LogP contribution in [0.1, 0.15) is 23.7 Å². The number of benzene rings is 1. The van der Waals surface area contributed by atoms with E-state index in [1.54, 1.807) is 12.1 Å². The lowest BCUT2D eigenvalue weighted by Crippen LogP contribution is -2.34. The van der Waals surface area contributed by atoms with Crippen molar-refractivity contribution in [3.63, 3.8) is 0 Å². The van der Waals surface area contributed by atoms with Crippen LogP contribution in [-0.2, 0) is 4.79 Å². The topological polar surface area (TPSA) is 84.2 Å². The maximum absolute atomic E-state index is 11.6. The highest BCUT2D eigenvalue weighted by molar-refractivity contribution is 6.34. The van der Waals surface area contributed by atoms with Crippen molar-refractivity contribution in [3.05, 3.63) is 28.8 Å². The predicted octanol–water partition coefficient (Wildman–Crippen LogP) is 1.38. The first-order valence-corrected chi connectivity index (χ1v) is 5.95. The van der Waals surface area contributed by atoms with E-state index >= 15 is 0 Å². The molecule has 0 saturated carbocycles. The minimum Gasteiger partial charge on any atom is -0.355 e. The number of amides is 2. The van der Waals surface area contributed by atoms with Crippen LogP contribution >= 0.6 is 11.6 Å². The molecule has 4 N–H and O–H groups in total. The van der Waals surface area contributed by atoms with Crippen LogP contribution in [0.3, 0.4) is 0 Å². The van der Waals surface area contributed by atoms with Gasteiger partial charge in [0, 0.05) is 12.7 Å². The van der Waals surface area contributed by atoms with E-state index in [9.17, 15) is 9.59 Å². The fraction of sp³-hybridized carbons (Fsp3) is 0.333. The standard InChI is InChI=1S/C12H16ClN3O2/c1-3-10(14)12(18)16-7-4-5-9(13)8(6-7)11(17)15-2/h4-6,10H,3,14H2,1-2H3,(H,15,17)(H,16,18)/t10-/m1/s1. The highest BCUT2D eigenvalue weighted by Gasteiger charge is 2.13. The molecule has 0 radical (unpaired) electrons. The molecule has 0 aliphatic carbocycles. The molecule has 5 nitrogen and oxygen atoms in total. The van der Waals surface area contributed by atoms with E-state index in [4.69, 9.17) is 17.3 Å². The Morgan fingerprint density at radius 1 is 1.44 bits per heavy atom. The van der Waals surface area contributed by atoms with E-state index in [1.165, 1.54) is 13.1 Å². The molecule has 0 spiro atoms. The molecule has 98 valence electrons. The summed E-state index contributed by atoms with van der Waals surface area (Å²) in [4.78, 5) is 23.1. The summed E-state index contributed by atoms with van der Waals surface area (Å²) in [5.41, 5.74) is 6.40. The second kappa shape index (κ2) is 6.37. The van der Waals surface area contributed by atoms with Gasteiger partial charge in [-0.3, -0.25) is 9.59 Å². The molecule has 1 aromatic rings. The van der Waals surface area contributed by atoms with Gasteiger partial charge in [-0.2, -0.15) is 0 Å². The summed E-state index contributed by atoms with van der Waals surface area (Å²) in [6, 6.07) is 4.12. The fourth-order valence-electron chi connectivity index (χ4n) is 1.33. The van der Waals surface area contributed by atoms with Gasteiger partial charge in [-0.15, -0.1) is 0 Å². The SMILES string of the molecule is CC[C@@H](N)C(=O)Nc1ccc(Cl)c(C(=O)NC)c1. The van der Waals surface area contributed by atoms with Gasteiger partial charge in [-0.25, -0.2) is 0 Å². The minimum atomic E-state index is -0.566. The Kier molecular flexibility index (Phi) is 5.12. The third-order valence-electron chi connectivity index (χ3n) is 2.48. The second-order valence-electron chi connectivity index (χ2n) is 3.78. The molecule has 18 heavy (non-hydrogen) atoms. The zero-order chi connectivity index (χ0) is 13.7. The Morgan fingerprint density at radius 2 is 2.11 bits per heavy atom. The molecular formula is C12H16ClN3O2. The van der Waals surface area contributed by atoms with Crippen molar-refractivity contribution in [1.29, 1.82) is 0 Å². The summed E-state index contributed by atoms with van der Waals surface area (Å²) in [5.74, 6) is -0.599. The first-order chi connectivity index (χ1) is 8.49. The minimum absolute atomic E-state index is 0.289. The van der Waals surface area contributed by atoms with Gasteiger partial charge in [-0.1, -0.05) is 18.5 Å². The molecule has 0 aromatic heterocycles. The number of anilines is 1. The summed E-state index contributed by atoms with van der Waals surface area (Å²) in [6.45, 7) is 1.82. The van der Waals surface area contributed by atoms with Gasteiger partial charge in [-0.05, 0) is 24.6 Å². The van der Waals surface area contributed by atoms with Gasteiger partial charge in [0.1, 0.15) is 0 Å². The lowest BCUT2D eigenvalue weighted by Gasteiger charge is -2.11. The van der Waals surface area contributed by atoms with Gasteiger partial charge < -0.3 is 16.4 Å². The molecule has 1 rings (SSSR count). The van der Waals surface area contributed by atoms with Crippen molar-refractivity contribution in [1.82, 2.24) is 5.32 Å². The van der Waals surface area contributed by atoms with Crippen molar-refractivity contribution in [2.45, 2.75) is 19.4 Å². The van der Waals surface area contributed by atoms with E-state index in [1.807, 2.05) is 6.92 Å². The number of carbonyl (C=O) groups excluding carboxylic acids is 2. The number of halogens is 1. The van der Waals surface area contributed by atoms with E-state index in [-0.39, 0.29) is 11.8 Å². The second-order valence-corrected chi connectivity index (χ2v) is 4.18. The van der Waals surface area contributed by atoms with E-state index < -0.39 is 6.04 Å². The van der Waals surface area contributed by atoms with E-state index in [0.717, 1.165) is 0 Å². The van der Waals surface area contributed by atoms with Crippen molar-refractivity contribution in [2.75, 3.05) is 12.4 Å². The van der Waals surface area contributed by atoms with Crippen LogP contribution in [0.15, 0.2) is 18.2 Å². The summed E-state index contributed by atoms with van der Waals surface area (Å²) in [5, 5.41) is 5.44.